The highest BCUT2D eigenvalue weighted by atomic mass is 16.1. The Morgan fingerprint density at radius 3 is 3.06 bits per heavy atom. The van der Waals surface area contributed by atoms with Crippen LogP contribution in [0.5, 0.6) is 0 Å². The van der Waals surface area contributed by atoms with Crippen LogP contribution < -0.4 is 11.1 Å². The van der Waals surface area contributed by atoms with Gasteiger partial charge in [-0.25, -0.2) is 0 Å². The number of rotatable bonds is 4. The molecule has 3 heteroatoms. The van der Waals surface area contributed by atoms with E-state index in [2.05, 4.69) is 24.4 Å². The van der Waals surface area contributed by atoms with E-state index in [1.165, 1.54) is 11.1 Å². The molecule has 0 bridgehead atoms. The van der Waals surface area contributed by atoms with E-state index in [1.54, 1.807) is 0 Å². The molecule has 3 nitrogen and oxygen atoms in total. The van der Waals surface area contributed by atoms with Gasteiger partial charge in [0.1, 0.15) is 0 Å². The SMILES string of the molecule is CCNCc1ccc2c(c1)CC[CH]C2C(N)=O. The number of carbonyl (C=O) groups is 1. The number of aryl methyl sites for hydroxylation is 1. The zero-order chi connectivity index (χ0) is 12.3. The Hall–Kier alpha value is -1.35. The molecule has 0 saturated carbocycles. The molecule has 1 atom stereocenters. The molecule has 0 fully saturated rings. The summed E-state index contributed by atoms with van der Waals surface area (Å²) in [6.07, 6.45) is 3.97. The summed E-state index contributed by atoms with van der Waals surface area (Å²) in [5.41, 5.74) is 9.05. The molecule has 3 N–H and O–H groups in total. The Bertz CT molecular complexity index is 415. The number of fused-ring (bicyclic) bond motifs is 1. The van der Waals surface area contributed by atoms with Gasteiger partial charge < -0.3 is 11.1 Å². The largest absolute Gasteiger partial charge is 0.369 e. The topological polar surface area (TPSA) is 55.1 Å². The van der Waals surface area contributed by atoms with E-state index < -0.39 is 0 Å². The maximum Gasteiger partial charge on any atom is 0.225 e. The predicted molar refractivity (Wildman–Crippen MR) is 68.4 cm³/mol. The van der Waals surface area contributed by atoms with E-state index in [-0.39, 0.29) is 11.8 Å². The molecule has 17 heavy (non-hydrogen) atoms. The lowest BCUT2D eigenvalue weighted by Gasteiger charge is -2.23. The molecule has 0 saturated heterocycles. The Labute approximate surface area is 102 Å². The fourth-order valence-corrected chi connectivity index (χ4v) is 2.36. The van der Waals surface area contributed by atoms with Gasteiger partial charge in [-0.15, -0.1) is 0 Å². The monoisotopic (exact) mass is 231 g/mol. The fourth-order valence-electron chi connectivity index (χ4n) is 2.36. The van der Waals surface area contributed by atoms with Crippen molar-refractivity contribution in [1.29, 1.82) is 0 Å². The summed E-state index contributed by atoms with van der Waals surface area (Å²) in [7, 11) is 0. The fraction of sp³-hybridized carbons (Fsp3) is 0.429. The molecule has 1 aromatic rings. The molecule has 1 radical (unpaired) electrons. The third-order valence-corrected chi connectivity index (χ3v) is 3.24. The van der Waals surface area contributed by atoms with Crippen LogP contribution in [-0.2, 0) is 17.8 Å². The van der Waals surface area contributed by atoms with E-state index in [0.717, 1.165) is 31.5 Å². The molecule has 0 aromatic heterocycles. The zero-order valence-corrected chi connectivity index (χ0v) is 10.2. The molecule has 0 heterocycles. The quantitative estimate of drug-likeness (QED) is 0.825. The molecule has 1 aromatic carbocycles. The first-order valence-electron chi connectivity index (χ1n) is 6.17. The second-order valence-corrected chi connectivity index (χ2v) is 4.47. The highest BCUT2D eigenvalue weighted by Crippen LogP contribution is 2.31. The second kappa shape index (κ2) is 5.32. The average molecular weight is 231 g/mol. The molecule has 0 spiro atoms. The van der Waals surface area contributed by atoms with Gasteiger partial charge in [0.25, 0.3) is 0 Å². The number of nitrogens with two attached hydrogens (primary N) is 1. The average Bonchev–Trinajstić information content (AvgIpc) is 2.35. The normalized spacial score (nSPS) is 18.8. The maximum atomic E-state index is 11.4. The van der Waals surface area contributed by atoms with Crippen molar-refractivity contribution in [3.63, 3.8) is 0 Å². The number of hydrogen-bond donors (Lipinski definition) is 2. The summed E-state index contributed by atoms with van der Waals surface area (Å²) >= 11 is 0. The van der Waals surface area contributed by atoms with Crippen LogP contribution in [0.2, 0.25) is 0 Å². The van der Waals surface area contributed by atoms with E-state index in [4.69, 9.17) is 5.73 Å². The van der Waals surface area contributed by atoms with Crippen LogP contribution in [0.15, 0.2) is 18.2 Å². The molecule has 1 amide bonds. The highest BCUT2D eigenvalue weighted by Gasteiger charge is 2.24. The van der Waals surface area contributed by atoms with Gasteiger partial charge in [0, 0.05) is 6.54 Å². The molecule has 2 rings (SSSR count). The van der Waals surface area contributed by atoms with Crippen molar-refractivity contribution in [1.82, 2.24) is 5.32 Å². The van der Waals surface area contributed by atoms with Crippen LogP contribution in [0, 0.1) is 6.42 Å². The van der Waals surface area contributed by atoms with Crippen molar-refractivity contribution in [2.75, 3.05) is 6.54 Å². The number of amides is 1. The first kappa shape index (κ1) is 12.1. The minimum absolute atomic E-state index is 0.202. The van der Waals surface area contributed by atoms with Gasteiger partial charge in [0.2, 0.25) is 5.91 Å². The van der Waals surface area contributed by atoms with Crippen molar-refractivity contribution in [2.24, 2.45) is 5.73 Å². The predicted octanol–water partition coefficient (Wildman–Crippen LogP) is 1.52. The smallest absolute Gasteiger partial charge is 0.225 e. The maximum absolute atomic E-state index is 11.4. The summed E-state index contributed by atoms with van der Waals surface area (Å²) in [6, 6.07) is 6.32. The zero-order valence-electron chi connectivity index (χ0n) is 10.2. The molecular weight excluding hydrogens is 212 g/mol. The second-order valence-electron chi connectivity index (χ2n) is 4.47. The number of carbonyl (C=O) groups excluding carboxylic acids is 1. The number of nitrogens with one attached hydrogen (secondary N) is 1. The number of benzene rings is 1. The molecule has 1 aliphatic carbocycles. The van der Waals surface area contributed by atoms with Gasteiger partial charge in [-0.3, -0.25) is 4.79 Å². The molecule has 1 aliphatic rings. The van der Waals surface area contributed by atoms with Crippen molar-refractivity contribution in [3.8, 4) is 0 Å². The standard InChI is InChI=1S/C14H19N2O/c1-2-16-9-10-6-7-12-11(8-10)4-3-5-13(12)14(15)17/h5-8,13,16H,2-4,9H2,1H3,(H2,15,17). The molecule has 0 aliphatic heterocycles. The lowest BCUT2D eigenvalue weighted by molar-refractivity contribution is -0.118. The van der Waals surface area contributed by atoms with E-state index in [1.807, 2.05) is 12.5 Å². The van der Waals surface area contributed by atoms with Crippen LogP contribution in [0.4, 0.5) is 0 Å². The Morgan fingerprint density at radius 1 is 1.53 bits per heavy atom. The van der Waals surface area contributed by atoms with Gasteiger partial charge in [-0.1, -0.05) is 25.1 Å². The Kier molecular flexibility index (Phi) is 3.79. The van der Waals surface area contributed by atoms with Crippen molar-refractivity contribution in [3.05, 3.63) is 41.3 Å². The first-order valence-corrected chi connectivity index (χ1v) is 6.17. The summed E-state index contributed by atoms with van der Waals surface area (Å²) in [6.45, 7) is 3.94. The van der Waals surface area contributed by atoms with Crippen molar-refractivity contribution < 1.29 is 4.79 Å². The minimum atomic E-state index is -0.245. The van der Waals surface area contributed by atoms with Gasteiger partial charge in [-0.2, -0.15) is 0 Å². The minimum Gasteiger partial charge on any atom is -0.369 e. The Morgan fingerprint density at radius 2 is 2.35 bits per heavy atom. The molecule has 91 valence electrons. The first-order chi connectivity index (χ1) is 8.22. The van der Waals surface area contributed by atoms with E-state index in [0.29, 0.717) is 0 Å². The summed E-state index contributed by atoms with van der Waals surface area (Å²) in [5, 5.41) is 3.31. The van der Waals surface area contributed by atoms with Gasteiger partial charge in [0.15, 0.2) is 0 Å². The van der Waals surface area contributed by atoms with Gasteiger partial charge >= 0.3 is 0 Å². The van der Waals surface area contributed by atoms with Crippen molar-refractivity contribution in [2.45, 2.75) is 32.2 Å². The van der Waals surface area contributed by atoms with Gasteiger partial charge in [-0.05, 0) is 42.5 Å². The summed E-state index contributed by atoms with van der Waals surface area (Å²) in [4.78, 5) is 11.4. The van der Waals surface area contributed by atoms with E-state index >= 15 is 0 Å². The number of hydrogen-bond acceptors (Lipinski definition) is 2. The van der Waals surface area contributed by atoms with Crippen LogP contribution in [0.3, 0.4) is 0 Å². The van der Waals surface area contributed by atoms with E-state index in [9.17, 15) is 4.79 Å². The number of primary amides is 1. The lowest BCUT2D eigenvalue weighted by atomic mass is 9.82. The van der Waals surface area contributed by atoms with Crippen LogP contribution >= 0.6 is 0 Å². The molecule has 1 unspecified atom stereocenters. The summed E-state index contributed by atoms with van der Waals surface area (Å²) < 4.78 is 0. The van der Waals surface area contributed by atoms with Crippen molar-refractivity contribution >= 4 is 5.91 Å². The lowest BCUT2D eigenvalue weighted by Crippen LogP contribution is -2.25. The van der Waals surface area contributed by atoms with Crippen LogP contribution in [-0.4, -0.2) is 12.5 Å². The summed E-state index contributed by atoms with van der Waals surface area (Å²) in [5.74, 6) is -0.447. The highest BCUT2D eigenvalue weighted by molar-refractivity contribution is 5.84. The third-order valence-electron chi connectivity index (χ3n) is 3.24. The molecular formula is C14H19N2O. The van der Waals surface area contributed by atoms with Crippen LogP contribution in [0.25, 0.3) is 0 Å². The van der Waals surface area contributed by atoms with Crippen LogP contribution in [0.1, 0.15) is 36.0 Å². The van der Waals surface area contributed by atoms with Gasteiger partial charge in [0.05, 0.1) is 5.92 Å². The third kappa shape index (κ3) is 2.67. The Balaban J connectivity index is 2.23.